The number of fused-ring (bicyclic) bond motifs is 3. The fourth-order valence-electron chi connectivity index (χ4n) is 4.65. The topological polar surface area (TPSA) is 67.2 Å². The predicted octanol–water partition coefficient (Wildman–Crippen LogP) is 2.34. The van der Waals surface area contributed by atoms with Crippen LogP contribution in [0, 0.1) is 0 Å². The molecule has 2 aromatic rings. The van der Waals surface area contributed by atoms with Crippen molar-refractivity contribution < 1.29 is 9.15 Å². The van der Waals surface area contributed by atoms with E-state index in [1.165, 1.54) is 29.9 Å². The number of H-pyrrole nitrogens is 1. The van der Waals surface area contributed by atoms with E-state index in [2.05, 4.69) is 14.9 Å². The van der Waals surface area contributed by atoms with Crippen molar-refractivity contribution in [1.82, 2.24) is 19.9 Å². The maximum Gasteiger partial charge on any atom is 0.208 e. The van der Waals surface area contributed by atoms with Crippen molar-refractivity contribution in [3.05, 3.63) is 35.1 Å². The molecule has 0 amide bonds. The molecule has 0 saturated carbocycles. The molecule has 5 rings (SSSR count). The average Bonchev–Trinajstić information content (AvgIpc) is 3.25. The van der Waals surface area contributed by atoms with E-state index >= 15 is 0 Å². The molecule has 24 heavy (non-hydrogen) atoms. The van der Waals surface area contributed by atoms with Crippen LogP contribution in [-0.2, 0) is 36.1 Å². The van der Waals surface area contributed by atoms with Gasteiger partial charge >= 0.3 is 0 Å². The Bertz CT molecular complexity index is 706. The molecule has 1 fully saturated rings. The molecular formula is C18H24N4O2. The smallest absolute Gasteiger partial charge is 0.208 e. The molecule has 0 radical (unpaired) electrons. The Morgan fingerprint density at radius 3 is 2.92 bits per heavy atom. The number of nitrogens with zero attached hydrogens (tertiary/aromatic N) is 3. The highest BCUT2D eigenvalue weighted by molar-refractivity contribution is 5.26. The van der Waals surface area contributed by atoms with Gasteiger partial charge in [-0.2, -0.15) is 0 Å². The van der Waals surface area contributed by atoms with Crippen molar-refractivity contribution in [1.29, 1.82) is 0 Å². The molecule has 6 nitrogen and oxygen atoms in total. The first-order valence-corrected chi connectivity index (χ1v) is 9.18. The van der Waals surface area contributed by atoms with E-state index in [1.54, 1.807) is 0 Å². The lowest BCUT2D eigenvalue weighted by Crippen LogP contribution is -2.53. The van der Waals surface area contributed by atoms with E-state index < -0.39 is 0 Å². The minimum Gasteiger partial charge on any atom is -0.444 e. The molecule has 2 aromatic heterocycles. The van der Waals surface area contributed by atoms with E-state index in [1.807, 2.05) is 6.33 Å². The molecule has 1 saturated heterocycles. The van der Waals surface area contributed by atoms with Crippen LogP contribution in [0.4, 0.5) is 0 Å². The van der Waals surface area contributed by atoms with Gasteiger partial charge in [-0.15, -0.1) is 0 Å². The second kappa shape index (κ2) is 5.70. The number of rotatable bonds is 2. The normalized spacial score (nSPS) is 23.2. The molecule has 2 aliphatic heterocycles. The Hall–Kier alpha value is -1.66. The highest BCUT2D eigenvalue weighted by Crippen LogP contribution is 2.42. The highest BCUT2D eigenvalue weighted by Gasteiger charge is 2.46. The van der Waals surface area contributed by atoms with Gasteiger partial charge in [-0.3, -0.25) is 4.90 Å². The van der Waals surface area contributed by atoms with Crippen molar-refractivity contribution in [3.8, 4) is 0 Å². The van der Waals surface area contributed by atoms with Crippen LogP contribution in [0.2, 0.25) is 0 Å². The number of aryl methyl sites for hydroxylation is 2. The lowest BCUT2D eigenvalue weighted by molar-refractivity contribution is -0.0481. The Kier molecular flexibility index (Phi) is 3.49. The monoisotopic (exact) mass is 328 g/mol. The molecule has 6 heteroatoms. The largest absolute Gasteiger partial charge is 0.444 e. The van der Waals surface area contributed by atoms with Gasteiger partial charge in [0.1, 0.15) is 5.76 Å². The van der Waals surface area contributed by atoms with Gasteiger partial charge < -0.3 is 14.1 Å². The Morgan fingerprint density at radius 1 is 1.17 bits per heavy atom. The van der Waals surface area contributed by atoms with Crippen LogP contribution in [0.15, 0.2) is 10.7 Å². The van der Waals surface area contributed by atoms with Gasteiger partial charge in [-0.25, -0.2) is 9.97 Å². The zero-order chi connectivity index (χ0) is 16.0. The van der Waals surface area contributed by atoms with Gasteiger partial charge in [0.15, 0.2) is 0 Å². The first-order valence-electron chi connectivity index (χ1n) is 9.18. The summed E-state index contributed by atoms with van der Waals surface area (Å²) in [4.78, 5) is 15.4. The SMILES string of the molecule is c1nc2c([nH]1)CCN(Cc1nc3c(o1)CCCC3)C21CCOCC1. The summed E-state index contributed by atoms with van der Waals surface area (Å²) >= 11 is 0. The van der Waals surface area contributed by atoms with Crippen LogP contribution in [0.1, 0.15) is 54.4 Å². The zero-order valence-electron chi connectivity index (χ0n) is 14.0. The number of hydrogen-bond donors (Lipinski definition) is 1. The van der Waals surface area contributed by atoms with E-state index in [-0.39, 0.29) is 5.54 Å². The third kappa shape index (κ3) is 2.24. The van der Waals surface area contributed by atoms with Crippen molar-refractivity contribution >= 4 is 0 Å². The summed E-state index contributed by atoms with van der Waals surface area (Å²) in [6.07, 6.45) is 9.42. The average molecular weight is 328 g/mol. The second-order valence-corrected chi connectivity index (χ2v) is 7.23. The fraction of sp³-hybridized carbons (Fsp3) is 0.667. The van der Waals surface area contributed by atoms with E-state index in [9.17, 15) is 0 Å². The summed E-state index contributed by atoms with van der Waals surface area (Å²) in [7, 11) is 0. The number of oxazole rings is 1. The first-order chi connectivity index (χ1) is 11.9. The minimum atomic E-state index is -0.0270. The summed E-state index contributed by atoms with van der Waals surface area (Å²) in [5.74, 6) is 2.00. The van der Waals surface area contributed by atoms with Gasteiger partial charge in [0.2, 0.25) is 5.89 Å². The van der Waals surface area contributed by atoms with Gasteiger partial charge in [0.05, 0.1) is 29.8 Å². The Balaban J connectivity index is 1.47. The molecule has 4 heterocycles. The third-order valence-electron chi connectivity index (χ3n) is 5.93. The van der Waals surface area contributed by atoms with Crippen molar-refractivity contribution in [2.24, 2.45) is 0 Å². The lowest BCUT2D eigenvalue weighted by atomic mass is 9.80. The summed E-state index contributed by atoms with van der Waals surface area (Å²) in [6, 6.07) is 0. The van der Waals surface area contributed by atoms with Crippen LogP contribution < -0.4 is 0 Å². The van der Waals surface area contributed by atoms with Gasteiger partial charge in [0, 0.05) is 38.3 Å². The van der Waals surface area contributed by atoms with Crippen LogP contribution in [0.25, 0.3) is 0 Å². The molecule has 1 aliphatic carbocycles. The third-order valence-corrected chi connectivity index (χ3v) is 5.93. The van der Waals surface area contributed by atoms with E-state index in [4.69, 9.17) is 14.1 Å². The molecule has 1 N–H and O–H groups in total. The first kappa shape index (κ1) is 14.7. The molecule has 0 bridgehead atoms. The number of hydrogen-bond acceptors (Lipinski definition) is 5. The second-order valence-electron chi connectivity index (χ2n) is 7.23. The van der Waals surface area contributed by atoms with Crippen molar-refractivity contribution in [2.75, 3.05) is 19.8 Å². The number of imidazole rings is 1. The van der Waals surface area contributed by atoms with Gasteiger partial charge in [-0.05, 0) is 32.1 Å². The molecular weight excluding hydrogens is 304 g/mol. The van der Waals surface area contributed by atoms with Crippen LogP contribution in [0.3, 0.4) is 0 Å². The highest BCUT2D eigenvalue weighted by atomic mass is 16.5. The summed E-state index contributed by atoms with van der Waals surface area (Å²) in [5, 5.41) is 0. The zero-order valence-corrected chi connectivity index (χ0v) is 14.0. The Labute approximate surface area is 141 Å². The quantitative estimate of drug-likeness (QED) is 0.916. The van der Waals surface area contributed by atoms with Gasteiger partial charge in [0.25, 0.3) is 0 Å². The van der Waals surface area contributed by atoms with Crippen LogP contribution in [0.5, 0.6) is 0 Å². The number of ether oxygens (including phenoxy) is 1. The minimum absolute atomic E-state index is 0.0270. The number of aromatic nitrogens is 3. The maximum absolute atomic E-state index is 6.10. The van der Waals surface area contributed by atoms with Crippen LogP contribution >= 0.6 is 0 Å². The van der Waals surface area contributed by atoms with Crippen molar-refractivity contribution in [2.45, 2.75) is 57.0 Å². The van der Waals surface area contributed by atoms with Crippen molar-refractivity contribution in [3.63, 3.8) is 0 Å². The van der Waals surface area contributed by atoms with Crippen LogP contribution in [-0.4, -0.2) is 39.6 Å². The summed E-state index contributed by atoms with van der Waals surface area (Å²) in [6.45, 7) is 3.39. The predicted molar refractivity (Wildman–Crippen MR) is 87.6 cm³/mol. The molecule has 1 spiro atoms. The number of nitrogens with one attached hydrogen (secondary N) is 1. The standard InChI is InChI=1S/C18H24N4O2/c1-2-4-15-13(3-1)21-16(24-15)11-22-8-5-14-17(20-12-19-14)18(22)6-9-23-10-7-18/h12H,1-11H2,(H,19,20). The maximum atomic E-state index is 6.10. The number of aromatic amines is 1. The van der Waals surface area contributed by atoms with E-state index in [0.29, 0.717) is 0 Å². The molecule has 128 valence electrons. The lowest BCUT2D eigenvalue weighted by Gasteiger charge is -2.47. The Morgan fingerprint density at radius 2 is 2.04 bits per heavy atom. The molecule has 3 aliphatic rings. The molecule has 0 unspecified atom stereocenters. The summed E-state index contributed by atoms with van der Waals surface area (Å²) < 4.78 is 11.7. The fourth-order valence-corrected chi connectivity index (χ4v) is 4.65. The van der Waals surface area contributed by atoms with Gasteiger partial charge in [-0.1, -0.05) is 0 Å². The molecule has 0 aromatic carbocycles. The summed E-state index contributed by atoms with van der Waals surface area (Å²) in [5.41, 5.74) is 3.67. The molecule has 0 atom stereocenters. The van der Waals surface area contributed by atoms with E-state index in [0.717, 1.165) is 70.1 Å².